The minimum atomic E-state index is -0.420. The smallest absolute Gasteiger partial charge is 0.331 e. The Kier molecular flexibility index (Phi) is 3.30. The van der Waals surface area contributed by atoms with E-state index in [1.54, 1.807) is 6.08 Å². The Morgan fingerprint density at radius 1 is 1.44 bits per heavy atom. The van der Waals surface area contributed by atoms with E-state index < -0.39 is 5.79 Å². The Balaban J connectivity index is 1.85. The van der Waals surface area contributed by atoms with Crippen molar-refractivity contribution in [3.8, 4) is 0 Å². The third kappa shape index (κ3) is 2.28. The molecule has 0 unspecified atom stereocenters. The second kappa shape index (κ2) is 4.55. The fraction of sp³-hybridized carbons (Fsp3) is 0.750. The van der Waals surface area contributed by atoms with E-state index in [1.165, 1.54) is 6.08 Å². The summed E-state index contributed by atoms with van der Waals surface area (Å²) in [6.45, 7) is 4.70. The second-order valence-electron chi connectivity index (χ2n) is 4.24. The number of hydrogen-bond donors (Lipinski definition) is 0. The Hall–Kier alpha value is -0.870. The molecule has 0 aromatic rings. The van der Waals surface area contributed by atoms with Crippen molar-refractivity contribution in [3.63, 3.8) is 0 Å². The zero-order valence-corrected chi connectivity index (χ0v) is 9.77. The maximum atomic E-state index is 10.9. The first-order valence-corrected chi connectivity index (χ1v) is 5.88. The van der Waals surface area contributed by atoms with Gasteiger partial charge >= 0.3 is 5.97 Å². The van der Waals surface area contributed by atoms with Crippen molar-refractivity contribution in [2.24, 2.45) is 0 Å². The number of ether oxygens (including phenoxy) is 3. The van der Waals surface area contributed by atoms with Crippen LogP contribution in [0.25, 0.3) is 0 Å². The minimum absolute atomic E-state index is 0.0282. The van der Waals surface area contributed by atoms with Gasteiger partial charge in [0.1, 0.15) is 6.10 Å². The molecule has 4 heteroatoms. The van der Waals surface area contributed by atoms with Crippen LogP contribution in [0.1, 0.15) is 33.1 Å². The van der Waals surface area contributed by atoms with Gasteiger partial charge in [0.05, 0.1) is 12.7 Å². The van der Waals surface area contributed by atoms with Gasteiger partial charge in [0.2, 0.25) is 0 Å². The molecule has 4 nitrogen and oxygen atoms in total. The van der Waals surface area contributed by atoms with E-state index in [1.807, 2.05) is 0 Å². The average Bonchev–Trinajstić information content (AvgIpc) is 2.87. The summed E-state index contributed by atoms with van der Waals surface area (Å²) < 4.78 is 16.7. The van der Waals surface area contributed by atoms with E-state index >= 15 is 0 Å². The molecular formula is C12H18O4. The van der Waals surface area contributed by atoms with Crippen LogP contribution in [0.3, 0.4) is 0 Å². The number of hydrogen-bond acceptors (Lipinski definition) is 4. The van der Waals surface area contributed by atoms with Crippen molar-refractivity contribution in [1.29, 1.82) is 0 Å². The highest BCUT2D eigenvalue weighted by Crippen LogP contribution is 2.32. The molecule has 16 heavy (non-hydrogen) atoms. The molecule has 2 aliphatic rings. The van der Waals surface area contributed by atoms with Gasteiger partial charge in [-0.15, -0.1) is 0 Å². The normalized spacial score (nSPS) is 32.0. The second-order valence-corrected chi connectivity index (χ2v) is 4.24. The van der Waals surface area contributed by atoms with E-state index in [4.69, 9.17) is 14.2 Å². The molecule has 0 spiro atoms. The van der Waals surface area contributed by atoms with Crippen molar-refractivity contribution >= 4 is 5.97 Å². The van der Waals surface area contributed by atoms with Crippen molar-refractivity contribution < 1.29 is 19.0 Å². The SMILES string of the molecule is CCC1(CC)OC[C@@H](C[C@H]2C=CC(=O)O2)O1. The molecule has 0 aromatic heterocycles. The molecule has 1 saturated heterocycles. The van der Waals surface area contributed by atoms with Gasteiger partial charge in [0.15, 0.2) is 5.79 Å². The first-order valence-electron chi connectivity index (χ1n) is 5.88. The quantitative estimate of drug-likeness (QED) is 0.685. The molecule has 0 radical (unpaired) electrons. The van der Waals surface area contributed by atoms with Crippen molar-refractivity contribution in [2.45, 2.75) is 51.1 Å². The van der Waals surface area contributed by atoms with Gasteiger partial charge in [-0.2, -0.15) is 0 Å². The molecule has 2 aliphatic heterocycles. The molecular weight excluding hydrogens is 208 g/mol. The summed E-state index contributed by atoms with van der Waals surface area (Å²) in [7, 11) is 0. The fourth-order valence-electron chi connectivity index (χ4n) is 2.15. The highest BCUT2D eigenvalue weighted by Gasteiger charge is 2.39. The number of cyclic esters (lactones) is 1. The van der Waals surface area contributed by atoms with Crippen LogP contribution in [0.15, 0.2) is 12.2 Å². The van der Waals surface area contributed by atoms with Gasteiger partial charge in [-0.1, -0.05) is 13.8 Å². The lowest BCUT2D eigenvalue weighted by atomic mass is 10.1. The highest BCUT2D eigenvalue weighted by atomic mass is 16.7. The number of rotatable bonds is 4. The molecule has 0 amide bonds. The Bertz CT molecular complexity index is 293. The van der Waals surface area contributed by atoms with E-state index in [0.29, 0.717) is 13.0 Å². The lowest BCUT2D eigenvalue weighted by Crippen LogP contribution is -2.29. The van der Waals surface area contributed by atoms with Crippen LogP contribution < -0.4 is 0 Å². The van der Waals surface area contributed by atoms with Crippen LogP contribution >= 0.6 is 0 Å². The van der Waals surface area contributed by atoms with Crippen molar-refractivity contribution in [2.75, 3.05) is 6.61 Å². The van der Waals surface area contributed by atoms with Gasteiger partial charge in [0, 0.05) is 12.5 Å². The molecule has 0 aromatic carbocycles. The van der Waals surface area contributed by atoms with Crippen LogP contribution in [-0.4, -0.2) is 30.6 Å². The lowest BCUT2D eigenvalue weighted by molar-refractivity contribution is -0.174. The summed E-state index contributed by atoms with van der Waals surface area (Å²) >= 11 is 0. The predicted molar refractivity (Wildman–Crippen MR) is 57.8 cm³/mol. The fourth-order valence-corrected chi connectivity index (χ4v) is 2.15. The molecule has 0 N–H and O–H groups in total. The molecule has 90 valence electrons. The summed E-state index contributed by atoms with van der Waals surface area (Å²) in [5.74, 6) is -0.682. The molecule has 2 atom stereocenters. The Morgan fingerprint density at radius 3 is 2.69 bits per heavy atom. The molecule has 0 bridgehead atoms. The monoisotopic (exact) mass is 226 g/mol. The molecule has 2 rings (SSSR count). The van der Waals surface area contributed by atoms with Crippen LogP contribution in [0.2, 0.25) is 0 Å². The summed E-state index contributed by atoms with van der Waals surface area (Å²) in [5.41, 5.74) is 0. The zero-order chi connectivity index (χ0) is 11.6. The van der Waals surface area contributed by atoms with Gasteiger partial charge in [0.25, 0.3) is 0 Å². The first-order chi connectivity index (χ1) is 7.67. The summed E-state index contributed by atoms with van der Waals surface area (Å²) in [6.07, 6.45) is 5.51. The number of esters is 1. The van der Waals surface area contributed by atoms with Gasteiger partial charge in [-0.3, -0.25) is 0 Å². The third-order valence-corrected chi connectivity index (χ3v) is 3.20. The van der Waals surface area contributed by atoms with Crippen LogP contribution in [0.5, 0.6) is 0 Å². The van der Waals surface area contributed by atoms with Crippen LogP contribution in [0, 0.1) is 0 Å². The van der Waals surface area contributed by atoms with Gasteiger partial charge < -0.3 is 14.2 Å². The average molecular weight is 226 g/mol. The third-order valence-electron chi connectivity index (χ3n) is 3.20. The van der Waals surface area contributed by atoms with Crippen molar-refractivity contribution in [3.05, 3.63) is 12.2 Å². The standard InChI is InChI=1S/C12H18O4/c1-3-12(4-2)14-8-10(16-12)7-9-5-6-11(13)15-9/h5-6,9-10H,3-4,7-8H2,1-2H3/t9-,10-/m1/s1. The molecule has 1 fully saturated rings. The first kappa shape index (κ1) is 11.6. The van der Waals surface area contributed by atoms with E-state index in [-0.39, 0.29) is 18.2 Å². The molecule has 0 saturated carbocycles. The maximum absolute atomic E-state index is 10.9. The predicted octanol–water partition coefficient (Wildman–Crippen LogP) is 1.79. The highest BCUT2D eigenvalue weighted by molar-refractivity contribution is 5.84. The molecule has 2 heterocycles. The van der Waals surface area contributed by atoms with Crippen LogP contribution in [0.4, 0.5) is 0 Å². The zero-order valence-electron chi connectivity index (χ0n) is 9.77. The summed E-state index contributed by atoms with van der Waals surface area (Å²) in [6, 6.07) is 0. The van der Waals surface area contributed by atoms with Crippen molar-refractivity contribution in [1.82, 2.24) is 0 Å². The Labute approximate surface area is 95.6 Å². The summed E-state index contributed by atoms with van der Waals surface area (Å²) in [5, 5.41) is 0. The number of carbonyl (C=O) groups excluding carboxylic acids is 1. The lowest BCUT2D eigenvalue weighted by Gasteiger charge is -2.25. The van der Waals surface area contributed by atoms with Gasteiger partial charge in [-0.25, -0.2) is 4.79 Å². The Morgan fingerprint density at radius 2 is 2.19 bits per heavy atom. The maximum Gasteiger partial charge on any atom is 0.331 e. The largest absolute Gasteiger partial charge is 0.455 e. The summed E-state index contributed by atoms with van der Waals surface area (Å²) in [4.78, 5) is 10.9. The topological polar surface area (TPSA) is 44.8 Å². The van der Waals surface area contributed by atoms with Gasteiger partial charge in [-0.05, 0) is 18.9 Å². The van der Waals surface area contributed by atoms with Crippen LogP contribution in [-0.2, 0) is 19.0 Å². The van der Waals surface area contributed by atoms with E-state index in [0.717, 1.165) is 12.8 Å². The van der Waals surface area contributed by atoms with E-state index in [2.05, 4.69) is 13.8 Å². The molecule has 0 aliphatic carbocycles. The minimum Gasteiger partial charge on any atom is -0.455 e. The number of carbonyl (C=O) groups is 1. The van der Waals surface area contributed by atoms with E-state index in [9.17, 15) is 4.79 Å².